The van der Waals surface area contributed by atoms with Gasteiger partial charge in [-0.05, 0) is 60.7 Å². The number of halogens is 3. The molecule has 0 radical (unpaired) electrons. The highest BCUT2D eigenvalue weighted by Gasteiger charge is 2.76. The summed E-state index contributed by atoms with van der Waals surface area (Å²) in [5, 5.41) is 9.90. The molecule has 2 aromatic carbocycles. The summed E-state index contributed by atoms with van der Waals surface area (Å²) >= 11 is 14.3. The Morgan fingerprint density at radius 1 is 0.949 bits per heavy atom. The summed E-state index contributed by atoms with van der Waals surface area (Å²) in [6.45, 7) is 0. The highest BCUT2D eigenvalue weighted by molar-refractivity contribution is 6.58. The number of fused-ring (bicyclic) bond motifs is 4. The van der Waals surface area contributed by atoms with Gasteiger partial charge in [0.15, 0.2) is 9.75 Å². The second-order valence-corrected chi connectivity index (χ2v) is 11.4. The number of aromatic hydroxyl groups is 1. The predicted octanol–water partition coefficient (Wildman–Crippen LogP) is 3.17. The van der Waals surface area contributed by atoms with Crippen LogP contribution in [-0.2, 0) is 19.2 Å². The largest absolute Gasteiger partial charge is 0.508 e. The Labute approximate surface area is 230 Å². The van der Waals surface area contributed by atoms with E-state index in [-0.39, 0.29) is 24.3 Å². The lowest BCUT2D eigenvalue weighted by Crippen LogP contribution is -2.60. The molecule has 0 spiro atoms. The monoisotopic (exact) mass is 571 g/mol. The number of primary amides is 1. The van der Waals surface area contributed by atoms with Crippen LogP contribution in [0.5, 0.6) is 5.75 Å². The first-order chi connectivity index (χ1) is 18.4. The van der Waals surface area contributed by atoms with Crippen LogP contribution >= 0.6 is 23.2 Å². The fraction of sp³-hybridized carbons (Fsp3) is 0.296. The number of benzene rings is 2. The van der Waals surface area contributed by atoms with Gasteiger partial charge in [-0.2, -0.15) is 4.90 Å². The van der Waals surface area contributed by atoms with Crippen molar-refractivity contribution in [3.8, 4) is 5.75 Å². The van der Waals surface area contributed by atoms with Gasteiger partial charge in [0.05, 0.1) is 17.5 Å². The summed E-state index contributed by atoms with van der Waals surface area (Å²) < 4.78 is 13.6. The van der Waals surface area contributed by atoms with Crippen molar-refractivity contribution in [2.24, 2.45) is 23.5 Å². The van der Waals surface area contributed by atoms with E-state index in [1.807, 2.05) is 0 Å². The molecule has 3 N–H and O–H groups in total. The number of phenols is 1. The number of nitrogens with zero attached hydrogens (tertiary/aromatic N) is 2. The lowest BCUT2D eigenvalue weighted by Gasteiger charge is -2.50. The van der Waals surface area contributed by atoms with E-state index in [0.29, 0.717) is 16.0 Å². The quantitative estimate of drug-likeness (QED) is 0.322. The van der Waals surface area contributed by atoms with Crippen molar-refractivity contribution in [3.05, 3.63) is 71.6 Å². The van der Waals surface area contributed by atoms with Crippen molar-refractivity contribution < 1.29 is 33.5 Å². The molecule has 2 aliphatic carbocycles. The highest BCUT2D eigenvalue weighted by atomic mass is 35.5. The standard InChI is InChI=1S/C27H20Cl2FN3O6/c28-26-11-18-16(9-10-17-19(18)22(36)33(21(17)35)25(31)39)20(12-1-7-15(34)8-2-12)27(26,29)24(38)32(23(26)37)14-5-3-13(30)4-6-14/h1-9,17-20,34H,10-11H2,(H2,31,39). The molecule has 0 aromatic heterocycles. The summed E-state index contributed by atoms with van der Waals surface area (Å²) in [6, 6.07) is 9.33. The van der Waals surface area contributed by atoms with Crippen molar-refractivity contribution in [1.29, 1.82) is 0 Å². The van der Waals surface area contributed by atoms with Crippen molar-refractivity contribution in [2.45, 2.75) is 28.5 Å². The van der Waals surface area contributed by atoms with Gasteiger partial charge in [0.2, 0.25) is 11.8 Å². The topological polar surface area (TPSA) is 138 Å². The molecular formula is C27H20Cl2FN3O6. The van der Waals surface area contributed by atoms with Gasteiger partial charge in [0.1, 0.15) is 11.6 Å². The normalized spacial score (nSPS) is 33.6. The van der Waals surface area contributed by atoms with E-state index < -0.39 is 68.9 Å². The molecule has 6 atom stereocenters. The van der Waals surface area contributed by atoms with Crippen LogP contribution in [0, 0.1) is 23.6 Å². The van der Waals surface area contributed by atoms with Crippen molar-refractivity contribution in [1.82, 2.24) is 4.90 Å². The van der Waals surface area contributed by atoms with Crippen molar-refractivity contribution in [2.75, 3.05) is 4.90 Å². The van der Waals surface area contributed by atoms with Crippen molar-refractivity contribution in [3.63, 3.8) is 0 Å². The minimum absolute atomic E-state index is 0.0556. The Balaban J connectivity index is 1.55. The Morgan fingerprint density at radius 3 is 2.21 bits per heavy atom. The van der Waals surface area contributed by atoms with Gasteiger partial charge in [0.25, 0.3) is 11.8 Å². The molecule has 3 fully saturated rings. The number of imide groups is 4. The SMILES string of the molecule is NC(=O)N1C(=O)C2CC=C3C(CC4(Cl)C(=O)N(c5ccc(F)cc5)C(=O)C4(Cl)C3c3ccc(O)cc3)C2C1=O. The van der Waals surface area contributed by atoms with E-state index in [0.717, 1.165) is 17.0 Å². The Bertz CT molecular complexity index is 1510. The minimum atomic E-state index is -2.09. The van der Waals surface area contributed by atoms with E-state index >= 15 is 0 Å². The molecule has 0 bridgehead atoms. The number of amides is 6. The number of alkyl halides is 2. The summed E-state index contributed by atoms with van der Waals surface area (Å²) in [7, 11) is 0. The number of hydrogen-bond donors (Lipinski definition) is 2. The number of likely N-dealkylation sites (tertiary alicyclic amines) is 1. The first-order valence-corrected chi connectivity index (χ1v) is 12.9. The lowest BCUT2D eigenvalue weighted by atomic mass is 9.56. The smallest absolute Gasteiger partial charge is 0.328 e. The third kappa shape index (κ3) is 3.21. The van der Waals surface area contributed by atoms with E-state index in [2.05, 4.69) is 0 Å². The van der Waals surface area contributed by atoms with Crippen LogP contribution in [-0.4, -0.2) is 49.4 Å². The van der Waals surface area contributed by atoms with Crippen LogP contribution in [0.25, 0.3) is 0 Å². The number of urea groups is 1. The number of carbonyl (C=O) groups excluding carboxylic acids is 5. The molecule has 39 heavy (non-hydrogen) atoms. The zero-order chi connectivity index (χ0) is 28.0. The average molecular weight is 572 g/mol. The van der Waals surface area contributed by atoms with Gasteiger partial charge in [0, 0.05) is 5.92 Å². The fourth-order valence-corrected chi connectivity index (χ4v) is 7.59. The Hall–Kier alpha value is -3.76. The first kappa shape index (κ1) is 25.5. The molecular weight excluding hydrogens is 552 g/mol. The van der Waals surface area contributed by atoms with Gasteiger partial charge < -0.3 is 10.8 Å². The summed E-state index contributed by atoms with van der Waals surface area (Å²) in [5.41, 5.74) is 6.34. The molecule has 6 amide bonds. The maximum Gasteiger partial charge on any atom is 0.328 e. The predicted molar refractivity (Wildman–Crippen MR) is 136 cm³/mol. The van der Waals surface area contributed by atoms with Gasteiger partial charge in [-0.25, -0.2) is 14.1 Å². The Kier molecular flexibility index (Phi) is 5.47. The van der Waals surface area contributed by atoms with Gasteiger partial charge in [-0.15, -0.1) is 23.2 Å². The molecule has 2 heterocycles. The Morgan fingerprint density at radius 2 is 1.59 bits per heavy atom. The number of rotatable bonds is 2. The molecule has 1 saturated carbocycles. The molecule has 9 nitrogen and oxygen atoms in total. The first-order valence-electron chi connectivity index (χ1n) is 12.1. The fourth-order valence-electron chi connectivity index (χ4n) is 6.66. The van der Waals surface area contributed by atoms with Gasteiger partial charge in [-0.1, -0.05) is 23.8 Å². The molecule has 6 rings (SSSR count). The number of allylic oxidation sites excluding steroid dienone is 2. The number of hydrogen-bond acceptors (Lipinski definition) is 6. The molecule has 12 heteroatoms. The van der Waals surface area contributed by atoms with E-state index in [4.69, 9.17) is 28.9 Å². The van der Waals surface area contributed by atoms with E-state index in [9.17, 15) is 33.5 Å². The van der Waals surface area contributed by atoms with Gasteiger partial charge >= 0.3 is 6.03 Å². The number of phenolic OH excluding ortho intramolecular Hbond substituents is 1. The van der Waals surface area contributed by atoms with Crippen LogP contribution in [0.15, 0.2) is 60.2 Å². The second-order valence-electron chi connectivity index (χ2n) is 10.2. The third-order valence-electron chi connectivity index (χ3n) is 8.34. The molecule has 2 saturated heterocycles. The number of anilines is 1. The summed E-state index contributed by atoms with van der Waals surface area (Å²) in [4.78, 5) is 63.4. The number of carbonyl (C=O) groups is 5. The lowest BCUT2D eigenvalue weighted by molar-refractivity contribution is -0.136. The van der Waals surface area contributed by atoms with Crippen LogP contribution in [0.3, 0.4) is 0 Å². The van der Waals surface area contributed by atoms with E-state index in [1.165, 1.54) is 36.4 Å². The summed E-state index contributed by atoms with van der Waals surface area (Å²) in [5.74, 6) is -7.70. The minimum Gasteiger partial charge on any atom is -0.508 e. The maximum absolute atomic E-state index is 14.1. The van der Waals surface area contributed by atoms with Crippen LogP contribution in [0.1, 0.15) is 24.3 Å². The number of nitrogens with two attached hydrogens (primary N) is 1. The molecule has 6 unspecified atom stereocenters. The molecule has 4 aliphatic rings. The molecule has 200 valence electrons. The van der Waals surface area contributed by atoms with Crippen LogP contribution in [0.2, 0.25) is 0 Å². The third-order valence-corrected chi connectivity index (χ3v) is 9.76. The van der Waals surface area contributed by atoms with Crippen molar-refractivity contribution >= 4 is 58.5 Å². The van der Waals surface area contributed by atoms with Crippen LogP contribution in [0.4, 0.5) is 14.9 Å². The average Bonchev–Trinajstić information content (AvgIpc) is 3.24. The highest BCUT2D eigenvalue weighted by Crippen LogP contribution is 2.65. The molecule has 2 aromatic rings. The molecule has 2 aliphatic heterocycles. The zero-order valence-electron chi connectivity index (χ0n) is 20.0. The zero-order valence-corrected chi connectivity index (χ0v) is 21.5. The van der Waals surface area contributed by atoms with E-state index in [1.54, 1.807) is 6.08 Å². The maximum atomic E-state index is 14.1. The van der Waals surface area contributed by atoms with Gasteiger partial charge in [-0.3, -0.25) is 19.2 Å². The summed E-state index contributed by atoms with van der Waals surface area (Å²) in [6.07, 6.45) is 1.50. The second kappa shape index (κ2) is 8.37. The van der Waals surface area contributed by atoms with Crippen LogP contribution < -0.4 is 10.6 Å².